The van der Waals surface area contributed by atoms with Gasteiger partial charge in [-0.3, -0.25) is 0 Å². The Morgan fingerprint density at radius 2 is 1.24 bits per heavy atom. The normalized spacial score (nSPS) is 13.9. The molecule has 1 nitrogen and oxygen atoms in total. The zero-order valence-corrected chi connectivity index (χ0v) is 9.19. The van der Waals surface area contributed by atoms with Crippen LogP contribution in [0.4, 0.5) is 26.3 Å². The van der Waals surface area contributed by atoms with Crippen LogP contribution in [-0.4, -0.2) is 6.18 Å². The van der Waals surface area contributed by atoms with E-state index in [4.69, 9.17) is 23.2 Å². The third-order valence-electron chi connectivity index (χ3n) is 1.91. The highest BCUT2D eigenvalue weighted by Crippen LogP contribution is 2.39. The van der Waals surface area contributed by atoms with Crippen molar-refractivity contribution in [2.24, 2.45) is 5.73 Å². The molecule has 0 aliphatic rings. The molecule has 0 amide bonds. The molecular weight excluding hydrogens is 295 g/mol. The summed E-state index contributed by atoms with van der Waals surface area (Å²) >= 11 is 10.1. The van der Waals surface area contributed by atoms with E-state index < -0.39 is 45.3 Å². The first-order valence-corrected chi connectivity index (χ1v) is 4.68. The van der Waals surface area contributed by atoms with Crippen LogP contribution in [0.15, 0.2) is 0 Å². The second-order valence-electron chi connectivity index (χ2n) is 3.00. The van der Waals surface area contributed by atoms with Gasteiger partial charge in [0.25, 0.3) is 0 Å². The molecule has 0 fully saturated rings. The van der Waals surface area contributed by atoms with Gasteiger partial charge in [0.15, 0.2) is 17.5 Å². The van der Waals surface area contributed by atoms with Crippen LogP contribution in [0.1, 0.15) is 11.6 Å². The number of hydrogen-bond donors (Lipinski definition) is 1. The molecule has 0 aromatic heterocycles. The summed E-state index contributed by atoms with van der Waals surface area (Å²) in [6, 6.07) is -2.99. The Balaban J connectivity index is 3.55. The maximum atomic E-state index is 13.2. The summed E-state index contributed by atoms with van der Waals surface area (Å²) < 4.78 is 76.1. The molecule has 1 rings (SSSR count). The molecule has 1 aromatic rings. The molecule has 0 bridgehead atoms. The van der Waals surface area contributed by atoms with Gasteiger partial charge in [-0.2, -0.15) is 13.2 Å². The lowest BCUT2D eigenvalue weighted by Gasteiger charge is -2.18. The van der Waals surface area contributed by atoms with Gasteiger partial charge < -0.3 is 5.73 Å². The average molecular weight is 298 g/mol. The van der Waals surface area contributed by atoms with Crippen LogP contribution in [-0.2, 0) is 0 Å². The summed E-state index contributed by atoms with van der Waals surface area (Å²) in [5, 5.41) is -2.68. The lowest BCUT2D eigenvalue weighted by atomic mass is 10.1. The SMILES string of the molecule is N[C@@H](c1c(F)c(Cl)c(F)c(Cl)c1F)C(F)(F)F. The number of alkyl halides is 3. The largest absolute Gasteiger partial charge is 0.407 e. The molecule has 0 saturated carbocycles. The Morgan fingerprint density at radius 3 is 1.53 bits per heavy atom. The van der Waals surface area contributed by atoms with Crippen molar-refractivity contribution in [2.75, 3.05) is 0 Å². The predicted octanol–water partition coefficient (Wildman–Crippen LogP) is 3.97. The molecule has 0 spiro atoms. The Kier molecular flexibility index (Phi) is 3.85. The maximum absolute atomic E-state index is 13.2. The number of rotatable bonds is 1. The minimum atomic E-state index is -5.12. The Labute approximate surface area is 101 Å². The highest BCUT2D eigenvalue weighted by molar-refractivity contribution is 6.35. The third-order valence-corrected chi connectivity index (χ3v) is 2.57. The number of hydrogen-bond acceptors (Lipinski definition) is 1. The Morgan fingerprint density at radius 1 is 0.882 bits per heavy atom. The topological polar surface area (TPSA) is 26.0 Å². The fourth-order valence-corrected chi connectivity index (χ4v) is 1.50. The van der Waals surface area contributed by atoms with Crippen molar-refractivity contribution in [2.45, 2.75) is 12.2 Å². The van der Waals surface area contributed by atoms with Gasteiger partial charge in [-0.25, -0.2) is 13.2 Å². The summed E-state index contributed by atoms with van der Waals surface area (Å²) in [5.41, 5.74) is 3.00. The minimum Gasteiger partial charge on any atom is -0.316 e. The van der Waals surface area contributed by atoms with Crippen molar-refractivity contribution in [3.05, 3.63) is 33.1 Å². The zero-order valence-electron chi connectivity index (χ0n) is 7.68. The molecule has 1 aromatic carbocycles. The lowest BCUT2D eigenvalue weighted by Crippen LogP contribution is -2.30. The van der Waals surface area contributed by atoms with Crippen molar-refractivity contribution in [3.8, 4) is 0 Å². The highest BCUT2D eigenvalue weighted by Gasteiger charge is 2.42. The molecule has 96 valence electrons. The summed E-state index contributed by atoms with van der Waals surface area (Å²) in [7, 11) is 0. The Bertz CT molecular complexity index is 429. The first kappa shape index (κ1) is 14.4. The van der Waals surface area contributed by atoms with Crippen LogP contribution in [0, 0.1) is 17.5 Å². The van der Waals surface area contributed by atoms with Gasteiger partial charge >= 0.3 is 6.18 Å². The summed E-state index contributed by atoms with van der Waals surface area (Å²) in [5.74, 6) is -5.52. The number of halogens is 8. The molecule has 0 aliphatic heterocycles. The molecule has 0 unspecified atom stereocenters. The van der Waals surface area contributed by atoms with Gasteiger partial charge in [-0.05, 0) is 0 Å². The highest BCUT2D eigenvalue weighted by atomic mass is 35.5. The van der Waals surface area contributed by atoms with Gasteiger partial charge in [0.05, 0.1) is 5.56 Å². The van der Waals surface area contributed by atoms with Gasteiger partial charge in [-0.15, -0.1) is 0 Å². The van der Waals surface area contributed by atoms with Crippen LogP contribution in [0.5, 0.6) is 0 Å². The van der Waals surface area contributed by atoms with Crippen LogP contribution in [0.2, 0.25) is 10.0 Å². The number of nitrogens with two attached hydrogens (primary N) is 1. The van der Waals surface area contributed by atoms with Gasteiger partial charge in [0, 0.05) is 0 Å². The van der Waals surface area contributed by atoms with Crippen molar-refractivity contribution < 1.29 is 26.3 Å². The molecule has 0 aliphatic carbocycles. The van der Waals surface area contributed by atoms with E-state index in [0.717, 1.165) is 0 Å². The van der Waals surface area contributed by atoms with E-state index in [0.29, 0.717) is 0 Å². The number of benzene rings is 1. The fourth-order valence-electron chi connectivity index (χ4n) is 1.06. The minimum absolute atomic E-state index is 1.34. The molecular formula is C8H3Cl2F6N. The first-order chi connectivity index (χ1) is 7.59. The fraction of sp³-hybridized carbons (Fsp3) is 0.250. The van der Waals surface area contributed by atoms with E-state index in [1.54, 1.807) is 0 Å². The second-order valence-corrected chi connectivity index (χ2v) is 3.76. The van der Waals surface area contributed by atoms with Gasteiger partial charge in [0.2, 0.25) is 0 Å². The standard InChI is InChI=1S/C8H3Cl2F6N/c9-2-4(11)1(7(17)8(14,15)16)5(12)3(10)6(2)13/h7H,17H2/t7-/m0/s1. The van der Waals surface area contributed by atoms with Crippen LogP contribution >= 0.6 is 23.2 Å². The molecule has 2 N–H and O–H groups in total. The first-order valence-electron chi connectivity index (χ1n) is 3.92. The van der Waals surface area contributed by atoms with E-state index >= 15 is 0 Å². The molecule has 1 atom stereocenters. The van der Waals surface area contributed by atoms with Crippen LogP contribution in [0.3, 0.4) is 0 Å². The van der Waals surface area contributed by atoms with Crippen molar-refractivity contribution in [1.29, 1.82) is 0 Å². The van der Waals surface area contributed by atoms with E-state index in [1.807, 2.05) is 0 Å². The molecule has 17 heavy (non-hydrogen) atoms. The van der Waals surface area contributed by atoms with Crippen molar-refractivity contribution in [1.82, 2.24) is 0 Å². The van der Waals surface area contributed by atoms with Crippen molar-refractivity contribution >= 4 is 23.2 Å². The van der Waals surface area contributed by atoms with Crippen LogP contribution < -0.4 is 5.73 Å². The average Bonchev–Trinajstić information content (AvgIpc) is 2.22. The predicted molar refractivity (Wildman–Crippen MR) is 49.3 cm³/mol. The van der Waals surface area contributed by atoms with E-state index in [9.17, 15) is 26.3 Å². The summed E-state index contributed by atoms with van der Waals surface area (Å²) in [4.78, 5) is 0. The van der Waals surface area contributed by atoms with E-state index in [-0.39, 0.29) is 0 Å². The van der Waals surface area contributed by atoms with Gasteiger partial charge in [0.1, 0.15) is 16.1 Å². The quantitative estimate of drug-likeness (QED) is 0.474. The maximum Gasteiger partial charge on any atom is 0.407 e. The van der Waals surface area contributed by atoms with Crippen molar-refractivity contribution in [3.63, 3.8) is 0 Å². The van der Waals surface area contributed by atoms with E-state index in [2.05, 4.69) is 5.73 Å². The second kappa shape index (κ2) is 4.55. The summed E-state index contributed by atoms with van der Waals surface area (Å²) in [6.45, 7) is 0. The van der Waals surface area contributed by atoms with Crippen LogP contribution in [0.25, 0.3) is 0 Å². The smallest absolute Gasteiger partial charge is 0.316 e. The molecule has 0 saturated heterocycles. The lowest BCUT2D eigenvalue weighted by molar-refractivity contribution is -0.150. The Hall–Kier alpha value is -0.660. The van der Waals surface area contributed by atoms with Gasteiger partial charge in [-0.1, -0.05) is 23.2 Å². The third kappa shape index (κ3) is 2.46. The molecule has 0 heterocycles. The monoisotopic (exact) mass is 297 g/mol. The summed E-state index contributed by atoms with van der Waals surface area (Å²) in [6.07, 6.45) is -5.12. The van der Waals surface area contributed by atoms with E-state index in [1.165, 1.54) is 0 Å². The molecule has 0 radical (unpaired) electrons. The molecule has 9 heteroatoms. The zero-order chi connectivity index (χ0) is 13.5.